The molecule has 18 heavy (non-hydrogen) atoms. The van der Waals surface area contributed by atoms with Crippen molar-refractivity contribution in [1.29, 1.82) is 5.26 Å². The molecule has 0 fully saturated rings. The summed E-state index contributed by atoms with van der Waals surface area (Å²) in [5.41, 5.74) is 0. The molecular formula is C13H17NO4. The fourth-order valence-electron chi connectivity index (χ4n) is 0.330. The third kappa shape index (κ3) is 37.6. The van der Waals surface area contributed by atoms with Crippen molar-refractivity contribution in [3.05, 3.63) is 50.1 Å². The maximum absolute atomic E-state index is 10.4. The summed E-state index contributed by atoms with van der Waals surface area (Å²) in [4.78, 5) is 20.2. The Morgan fingerprint density at radius 3 is 1.94 bits per heavy atom. The van der Waals surface area contributed by atoms with Gasteiger partial charge in [-0.1, -0.05) is 31.9 Å². The van der Waals surface area contributed by atoms with Gasteiger partial charge in [0.2, 0.25) is 0 Å². The number of carboxylic acids is 1. The van der Waals surface area contributed by atoms with Gasteiger partial charge >= 0.3 is 11.9 Å². The molecule has 0 aromatic heterocycles. The summed E-state index contributed by atoms with van der Waals surface area (Å²) >= 11 is 0. The number of allylic oxidation sites excluding steroid dienone is 3. The second-order valence-corrected chi connectivity index (χ2v) is 2.23. The van der Waals surface area contributed by atoms with E-state index in [2.05, 4.69) is 24.5 Å². The number of ether oxygens (including phenoxy) is 1. The maximum atomic E-state index is 10.4. The van der Waals surface area contributed by atoms with Crippen LogP contribution < -0.4 is 0 Å². The summed E-state index contributed by atoms with van der Waals surface area (Å²) in [6, 6.07) is 1.69. The Kier molecular flexibility index (Phi) is 22.9. The van der Waals surface area contributed by atoms with E-state index in [0.29, 0.717) is 0 Å². The maximum Gasteiger partial charge on any atom is 0.330 e. The molecule has 0 saturated carbocycles. The lowest BCUT2D eigenvalue weighted by atomic mass is 10.5. The van der Waals surface area contributed by atoms with E-state index >= 15 is 0 Å². The van der Waals surface area contributed by atoms with Crippen LogP contribution in [0.4, 0.5) is 0 Å². The minimum Gasteiger partial charge on any atom is -0.478 e. The first kappa shape index (κ1) is 20.8. The van der Waals surface area contributed by atoms with E-state index < -0.39 is 11.9 Å². The Morgan fingerprint density at radius 2 is 1.72 bits per heavy atom. The van der Waals surface area contributed by atoms with Gasteiger partial charge in [-0.2, -0.15) is 5.26 Å². The second-order valence-electron chi connectivity index (χ2n) is 2.23. The van der Waals surface area contributed by atoms with Crippen molar-refractivity contribution in [2.45, 2.75) is 6.92 Å². The molecule has 5 heteroatoms. The quantitative estimate of drug-likeness (QED) is 0.358. The third-order valence-corrected chi connectivity index (χ3v) is 0.907. The Bertz CT molecular complexity index is 331. The van der Waals surface area contributed by atoms with Crippen molar-refractivity contribution >= 4 is 11.9 Å². The molecule has 0 spiro atoms. The van der Waals surface area contributed by atoms with E-state index in [4.69, 9.17) is 10.4 Å². The van der Waals surface area contributed by atoms with Crippen LogP contribution in [0.3, 0.4) is 0 Å². The highest BCUT2D eigenvalue weighted by Crippen LogP contribution is 1.80. The number of esters is 1. The van der Waals surface area contributed by atoms with Gasteiger partial charge in [-0.05, 0) is 6.92 Å². The number of aliphatic carboxylic acids is 1. The van der Waals surface area contributed by atoms with Crippen molar-refractivity contribution in [3.63, 3.8) is 0 Å². The molecule has 0 rings (SSSR count). The van der Waals surface area contributed by atoms with Crippen molar-refractivity contribution in [1.82, 2.24) is 0 Å². The van der Waals surface area contributed by atoms with Gasteiger partial charge in [0.1, 0.15) is 0 Å². The van der Waals surface area contributed by atoms with E-state index in [1.807, 2.05) is 0 Å². The fraction of sp³-hybridized carbons (Fsp3) is 0.154. The monoisotopic (exact) mass is 251 g/mol. The molecule has 98 valence electrons. The number of carbonyl (C=O) groups excluding carboxylic acids is 1. The van der Waals surface area contributed by atoms with Crippen LogP contribution in [0.15, 0.2) is 50.1 Å². The largest absolute Gasteiger partial charge is 0.478 e. The van der Waals surface area contributed by atoms with E-state index in [0.717, 1.165) is 12.2 Å². The van der Waals surface area contributed by atoms with Gasteiger partial charge in [0.05, 0.1) is 12.7 Å². The number of nitrogens with zero attached hydrogens (tertiary/aromatic N) is 1. The van der Waals surface area contributed by atoms with Crippen LogP contribution in [0.5, 0.6) is 0 Å². The number of hydrogen-bond acceptors (Lipinski definition) is 4. The molecule has 0 saturated heterocycles. The van der Waals surface area contributed by atoms with Crippen LogP contribution in [0.1, 0.15) is 6.92 Å². The smallest absolute Gasteiger partial charge is 0.330 e. The number of carbonyl (C=O) groups is 2. The standard InChI is InChI=1S/C6H8O4.C4H6.C3H3N/c1-2-10-6(9)4-3-5(7)8;1-3-4-2;1-2-3-4/h3-4H,2H2,1H3,(H,7,8);3-4H,1-2H2;2H,1H2/b4-3-;;. The molecule has 0 bridgehead atoms. The van der Waals surface area contributed by atoms with Crippen molar-refractivity contribution in [2.24, 2.45) is 0 Å². The van der Waals surface area contributed by atoms with E-state index in [9.17, 15) is 9.59 Å². The minimum absolute atomic E-state index is 0.253. The molecule has 0 aliphatic heterocycles. The lowest BCUT2D eigenvalue weighted by molar-refractivity contribution is -0.138. The predicted molar refractivity (Wildman–Crippen MR) is 69.6 cm³/mol. The van der Waals surface area contributed by atoms with E-state index in [1.54, 1.807) is 25.1 Å². The zero-order valence-corrected chi connectivity index (χ0v) is 10.3. The minimum atomic E-state index is -1.16. The molecule has 0 amide bonds. The molecule has 0 radical (unpaired) electrons. The molecule has 0 heterocycles. The summed E-state index contributed by atoms with van der Waals surface area (Å²) in [6.45, 7) is 11.7. The zero-order chi connectivity index (χ0) is 14.8. The van der Waals surface area contributed by atoms with Gasteiger partial charge in [0.15, 0.2) is 0 Å². The SMILES string of the molecule is C=CC#N.C=CC=C.CCOC(=O)/C=C\C(=O)O. The highest BCUT2D eigenvalue weighted by Gasteiger charge is 1.94. The van der Waals surface area contributed by atoms with Crippen LogP contribution in [0.25, 0.3) is 0 Å². The summed E-state index contributed by atoms with van der Waals surface area (Å²) in [7, 11) is 0. The normalized spacial score (nSPS) is 7.33. The Hall–Kier alpha value is -2.61. The van der Waals surface area contributed by atoms with Gasteiger partial charge < -0.3 is 9.84 Å². The highest BCUT2D eigenvalue weighted by atomic mass is 16.5. The van der Waals surface area contributed by atoms with Gasteiger partial charge in [0, 0.05) is 18.2 Å². The van der Waals surface area contributed by atoms with Crippen LogP contribution in [-0.4, -0.2) is 23.7 Å². The Balaban J connectivity index is -0.000000233. The van der Waals surface area contributed by atoms with Crippen molar-refractivity contribution < 1.29 is 19.4 Å². The first-order valence-corrected chi connectivity index (χ1v) is 4.81. The molecule has 0 aliphatic carbocycles. The topological polar surface area (TPSA) is 87.4 Å². The fourth-order valence-corrected chi connectivity index (χ4v) is 0.330. The van der Waals surface area contributed by atoms with Crippen molar-refractivity contribution in [2.75, 3.05) is 6.61 Å². The highest BCUT2D eigenvalue weighted by molar-refractivity contribution is 5.90. The predicted octanol–water partition coefficient (Wildman–Crippen LogP) is 2.24. The molecule has 0 aromatic rings. The van der Waals surface area contributed by atoms with Crippen LogP contribution in [0.2, 0.25) is 0 Å². The van der Waals surface area contributed by atoms with Crippen LogP contribution in [-0.2, 0) is 14.3 Å². The molecular weight excluding hydrogens is 234 g/mol. The summed E-state index contributed by atoms with van der Waals surface area (Å²) in [5, 5.41) is 15.5. The zero-order valence-electron chi connectivity index (χ0n) is 10.3. The van der Waals surface area contributed by atoms with Gasteiger partial charge in [-0.3, -0.25) is 0 Å². The van der Waals surface area contributed by atoms with Gasteiger partial charge in [-0.25, -0.2) is 9.59 Å². The lowest BCUT2D eigenvalue weighted by Crippen LogP contribution is -2.00. The molecule has 0 aliphatic rings. The average Bonchev–Trinajstić information content (AvgIpc) is 2.37. The number of rotatable bonds is 4. The van der Waals surface area contributed by atoms with E-state index in [-0.39, 0.29) is 6.61 Å². The van der Waals surface area contributed by atoms with Crippen molar-refractivity contribution in [3.8, 4) is 6.07 Å². The Labute approximate surface area is 107 Å². The van der Waals surface area contributed by atoms with Crippen LogP contribution in [0, 0.1) is 11.3 Å². The second kappa shape index (κ2) is 19.9. The lowest BCUT2D eigenvalue weighted by Gasteiger charge is -1.92. The van der Waals surface area contributed by atoms with Gasteiger partial charge in [0.25, 0.3) is 0 Å². The molecule has 0 atom stereocenters. The number of nitriles is 1. The van der Waals surface area contributed by atoms with Gasteiger partial charge in [-0.15, -0.1) is 0 Å². The molecule has 1 N–H and O–H groups in total. The van der Waals surface area contributed by atoms with Crippen LogP contribution >= 0.6 is 0 Å². The molecule has 0 aromatic carbocycles. The first-order valence-electron chi connectivity index (χ1n) is 4.81. The summed E-state index contributed by atoms with van der Waals surface area (Å²) in [6.07, 6.45) is 6.06. The third-order valence-electron chi connectivity index (χ3n) is 0.907. The average molecular weight is 251 g/mol. The summed E-state index contributed by atoms with van der Waals surface area (Å²) < 4.78 is 4.40. The van der Waals surface area contributed by atoms with E-state index in [1.165, 1.54) is 6.08 Å². The Morgan fingerprint density at radius 1 is 1.28 bits per heavy atom. The molecule has 5 nitrogen and oxygen atoms in total. The number of hydrogen-bond donors (Lipinski definition) is 1. The molecule has 0 unspecified atom stereocenters. The number of carboxylic acid groups (broad SMARTS) is 1. The summed E-state index contributed by atoms with van der Waals surface area (Å²) in [5.74, 6) is -1.79. The first-order chi connectivity index (χ1) is 8.49.